The van der Waals surface area contributed by atoms with Gasteiger partial charge in [-0.15, -0.1) is 0 Å². The van der Waals surface area contributed by atoms with E-state index in [-0.39, 0.29) is 0 Å². The topological polar surface area (TPSA) is 16.4 Å². The van der Waals surface area contributed by atoms with E-state index < -0.39 is 0 Å². The van der Waals surface area contributed by atoms with Crippen molar-refractivity contribution in [3.05, 3.63) is 224 Å². The number of hydrogen-bond donors (Lipinski definition) is 0. The van der Waals surface area contributed by atoms with Gasteiger partial charge in [0.25, 0.3) is 0 Å². The molecule has 11 rings (SSSR count). The first-order chi connectivity index (χ1) is 28.8. The maximum Gasteiger partial charge on any atom is 0.143 e. The molecule has 0 aliphatic heterocycles. The molecule has 0 spiro atoms. The van der Waals surface area contributed by atoms with Gasteiger partial charge in [0.2, 0.25) is 0 Å². The summed E-state index contributed by atoms with van der Waals surface area (Å²) in [5, 5.41) is 7.19. The van der Waals surface area contributed by atoms with Crippen LogP contribution in [-0.4, -0.2) is 0 Å². The van der Waals surface area contributed by atoms with Gasteiger partial charge in [-0.2, -0.15) is 0 Å². The third kappa shape index (κ3) is 5.74. The molecule has 0 fully saturated rings. The number of hydrogen-bond acceptors (Lipinski definition) is 2. The van der Waals surface area contributed by atoms with Crippen molar-refractivity contribution < 1.29 is 4.42 Å². The highest BCUT2D eigenvalue weighted by Crippen LogP contribution is 2.47. The first-order valence-electron chi connectivity index (χ1n) is 19.8. The maximum atomic E-state index is 6.47. The second kappa shape index (κ2) is 14.1. The molecule has 58 heavy (non-hydrogen) atoms. The summed E-state index contributed by atoms with van der Waals surface area (Å²) in [5.41, 5.74) is 14.3. The summed E-state index contributed by atoms with van der Waals surface area (Å²) in [6, 6.07) is 80.7. The Hall–Kier alpha value is -7.68. The lowest BCUT2D eigenvalue weighted by molar-refractivity contribution is 0.670. The minimum Gasteiger partial charge on any atom is -0.455 e. The van der Waals surface area contributed by atoms with Gasteiger partial charge in [-0.3, -0.25) is 0 Å². The van der Waals surface area contributed by atoms with Gasteiger partial charge in [0.15, 0.2) is 0 Å². The molecule has 2 nitrogen and oxygen atoms in total. The van der Waals surface area contributed by atoms with E-state index >= 15 is 0 Å². The molecule has 1 aromatic heterocycles. The van der Waals surface area contributed by atoms with Crippen molar-refractivity contribution >= 4 is 60.5 Å². The summed E-state index contributed by atoms with van der Waals surface area (Å²) in [5.74, 6) is 0. The third-order valence-corrected chi connectivity index (χ3v) is 11.5. The molecule has 0 amide bonds. The molecule has 2 heteroatoms. The van der Waals surface area contributed by atoms with Crippen molar-refractivity contribution in [2.75, 3.05) is 4.90 Å². The Kier molecular flexibility index (Phi) is 8.19. The molecule has 0 bridgehead atoms. The van der Waals surface area contributed by atoms with E-state index in [1.807, 2.05) is 12.1 Å². The molecule has 0 saturated heterocycles. The van der Waals surface area contributed by atoms with Crippen LogP contribution in [0.4, 0.5) is 17.1 Å². The Morgan fingerprint density at radius 3 is 1.53 bits per heavy atom. The SMILES string of the molecule is c1cc(-c2ccccc2N(c2ccc(-c3cccc4c3oc3ccccc34)cc2)c2ccccc2-c2cccc3ccccc23)cc(-c2cccc3ccccc23)c1. The molecular weight excluding hydrogens is 703 g/mol. The Morgan fingerprint density at radius 1 is 0.293 bits per heavy atom. The zero-order chi connectivity index (χ0) is 38.4. The molecule has 0 aliphatic rings. The molecule has 0 radical (unpaired) electrons. The fourth-order valence-electron chi connectivity index (χ4n) is 8.77. The van der Waals surface area contributed by atoms with Crippen molar-refractivity contribution in [3.8, 4) is 44.5 Å². The molecule has 272 valence electrons. The number of furan rings is 1. The summed E-state index contributed by atoms with van der Waals surface area (Å²) in [4.78, 5) is 2.43. The van der Waals surface area contributed by atoms with Crippen molar-refractivity contribution in [1.29, 1.82) is 0 Å². The molecule has 0 unspecified atom stereocenters. The molecular formula is C56H37NO. The fraction of sp³-hybridized carbons (Fsp3) is 0. The molecule has 0 aliphatic carbocycles. The van der Waals surface area contributed by atoms with E-state index in [0.717, 1.165) is 66.8 Å². The van der Waals surface area contributed by atoms with Crippen LogP contribution in [0.5, 0.6) is 0 Å². The summed E-state index contributed by atoms with van der Waals surface area (Å²) in [6.45, 7) is 0. The number of fused-ring (bicyclic) bond motifs is 5. The highest BCUT2D eigenvalue weighted by Gasteiger charge is 2.22. The average Bonchev–Trinajstić information content (AvgIpc) is 3.69. The molecule has 0 N–H and O–H groups in total. The lowest BCUT2D eigenvalue weighted by atomic mass is 9.93. The molecule has 10 aromatic carbocycles. The summed E-state index contributed by atoms with van der Waals surface area (Å²) in [6.07, 6.45) is 0. The predicted molar refractivity (Wildman–Crippen MR) is 245 cm³/mol. The Labute approximate surface area is 337 Å². The van der Waals surface area contributed by atoms with Crippen LogP contribution >= 0.6 is 0 Å². The van der Waals surface area contributed by atoms with Gasteiger partial charge in [0.05, 0.1) is 11.4 Å². The van der Waals surface area contributed by atoms with E-state index in [0.29, 0.717) is 0 Å². The van der Waals surface area contributed by atoms with E-state index in [1.54, 1.807) is 0 Å². The lowest BCUT2D eigenvalue weighted by Crippen LogP contribution is -2.12. The third-order valence-electron chi connectivity index (χ3n) is 11.5. The fourth-order valence-corrected chi connectivity index (χ4v) is 8.77. The number of rotatable bonds is 7. The van der Waals surface area contributed by atoms with Gasteiger partial charge in [0, 0.05) is 33.2 Å². The Morgan fingerprint density at radius 2 is 0.776 bits per heavy atom. The van der Waals surface area contributed by atoms with Gasteiger partial charge in [-0.1, -0.05) is 188 Å². The van der Waals surface area contributed by atoms with E-state index in [2.05, 4.69) is 217 Å². The zero-order valence-corrected chi connectivity index (χ0v) is 31.7. The number of nitrogens with zero attached hydrogens (tertiary/aromatic N) is 1. The average molecular weight is 740 g/mol. The number of anilines is 3. The Bertz CT molecular complexity index is 3290. The van der Waals surface area contributed by atoms with Crippen LogP contribution in [0.25, 0.3) is 88.0 Å². The van der Waals surface area contributed by atoms with Crippen molar-refractivity contribution in [1.82, 2.24) is 0 Å². The van der Waals surface area contributed by atoms with Crippen LogP contribution in [0.15, 0.2) is 229 Å². The molecule has 0 atom stereocenters. The summed E-state index contributed by atoms with van der Waals surface area (Å²) in [7, 11) is 0. The van der Waals surface area contributed by atoms with Gasteiger partial charge in [-0.25, -0.2) is 0 Å². The minimum absolute atomic E-state index is 0.902. The second-order valence-electron chi connectivity index (χ2n) is 14.8. The van der Waals surface area contributed by atoms with Crippen LogP contribution in [0.3, 0.4) is 0 Å². The van der Waals surface area contributed by atoms with E-state index in [9.17, 15) is 0 Å². The smallest absolute Gasteiger partial charge is 0.143 e. The highest BCUT2D eigenvalue weighted by molar-refractivity contribution is 6.10. The lowest BCUT2D eigenvalue weighted by Gasteiger charge is -2.30. The van der Waals surface area contributed by atoms with Crippen molar-refractivity contribution in [3.63, 3.8) is 0 Å². The van der Waals surface area contributed by atoms with Crippen LogP contribution in [0.1, 0.15) is 0 Å². The predicted octanol–water partition coefficient (Wildman–Crippen LogP) is 16.0. The molecule has 1 heterocycles. The number of benzene rings is 10. The minimum atomic E-state index is 0.902. The van der Waals surface area contributed by atoms with Crippen molar-refractivity contribution in [2.24, 2.45) is 0 Å². The van der Waals surface area contributed by atoms with Gasteiger partial charge >= 0.3 is 0 Å². The van der Waals surface area contributed by atoms with E-state index in [1.165, 1.54) is 38.2 Å². The maximum absolute atomic E-state index is 6.47. The quantitative estimate of drug-likeness (QED) is 0.162. The summed E-state index contributed by atoms with van der Waals surface area (Å²) >= 11 is 0. The normalized spacial score (nSPS) is 11.4. The van der Waals surface area contributed by atoms with Crippen LogP contribution < -0.4 is 4.90 Å². The largest absolute Gasteiger partial charge is 0.455 e. The molecule has 11 aromatic rings. The van der Waals surface area contributed by atoms with Crippen molar-refractivity contribution in [2.45, 2.75) is 0 Å². The standard InChI is InChI=1S/C56H37NO/c1-3-21-44-38(15-1)17-12-26-46(44)41-19-11-20-42(37-41)47-23-5-8-30-53(47)57(54-31-9-6-24-50(54)49-28-13-18-39-16-2-4-22-45(39)49)43-35-33-40(34-36-43)48-27-14-29-52-51-25-7-10-32-55(51)58-56(48)52/h1-37H. The van der Waals surface area contributed by atoms with Gasteiger partial charge in [-0.05, 0) is 85.8 Å². The van der Waals surface area contributed by atoms with Gasteiger partial charge in [0.1, 0.15) is 11.2 Å². The summed E-state index contributed by atoms with van der Waals surface area (Å²) < 4.78 is 6.47. The van der Waals surface area contributed by atoms with Gasteiger partial charge < -0.3 is 9.32 Å². The molecule has 0 saturated carbocycles. The van der Waals surface area contributed by atoms with Crippen LogP contribution in [0, 0.1) is 0 Å². The van der Waals surface area contributed by atoms with Crippen LogP contribution in [-0.2, 0) is 0 Å². The highest BCUT2D eigenvalue weighted by atomic mass is 16.3. The van der Waals surface area contributed by atoms with E-state index in [4.69, 9.17) is 4.42 Å². The first-order valence-corrected chi connectivity index (χ1v) is 19.8. The number of para-hydroxylation sites is 4. The monoisotopic (exact) mass is 739 g/mol. The Balaban J connectivity index is 1.10. The van der Waals surface area contributed by atoms with Crippen LogP contribution in [0.2, 0.25) is 0 Å². The first kappa shape index (κ1) is 33.6. The second-order valence-corrected chi connectivity index (χ2v) is 14.8. The zero-order valence-electron chi connectivity index (χ0n) is 31.7.